The highest BCUT2D eigenvalue weighted by molar-refractivity contribution is 6.37. The molecule has 0 bridgehead atoms. The normalized spacial score (nSPS) is 15.4. The summed E-state index contributed by atoms with van der Waals surface area (Å²) in [6.07, 6.45) is 5.64. The van der Waals surface area contributed by atoms with Crippen molar-refractivity contribution in [3.63, 3.8) is 0 Å². The van der Waals surface area contributed by atoms with Gasteiger partial charge in [-0.2, -0.15) is 0 Å². The molecule has 0 unspecified atom stereocenters. The molecule has 0 N–H and O–H groups in total. The molecule has 0 saturated heterocycles. The predicted molar refractivity (Wildman–Crippen MR) is 96.6 cm³/mol. The van der Waals surface area contributed by atoms with Crippen molar-refractivity contribution in [2.75, 3.05) is 4.90 Å². The lowest BCUT2D eigenvalue weighted by molar-refractivity contribution is 0.0971. The van der Waals surface area contributed by atoms with Crippen LogP contribution in [0.1, 0.15) is 42.5 Å². The summed E-state index contributed by atoms with van der Waals surface area (Å²) in [5.74, 6) is -0.0511. The lowest BCUT2D eigenvalue weighted by Gasteiger charge is -2.34. The van der Waals surface area contributed by atoms with Gasteiger partial charge in [0.2, 0.25) is 0 Å². The molecule has 1 fully saturated rings. The summed E-state index contributed by atoms with van der Waals surface area (Å²) in [6.45, 7) is 0. The second-order valence-electron chi connectivity index (χ2n) is 5.93. The van der Waals surface area contributed by atoms with E-state index < -0.39 is 0 Å². The quantitative estimate of drug-likeness (QED) is 0.669. The van der Waals surface area contributed by atoms with E-state index in [2.05, 4.69) is 0 Å². The zero-order chi connectivity index (χ0) is 16.2. The summed E-state index contributed by atoms with van der Waals surface area (Å²) < 4.78 is 0. The van der Waals surface area contributed by atoms with E-state index in [1.54, 1.807) is 18.2 Å². The topological polar surface area (TPSA) is 20.3 Å². The van der Waals surface area contributed by atoms with Gasteiger partial charge in [-0.05, 0) is 43.2 Å². The molecule has 3 rings (SSSR count). The third-order valence-electron chi connectivity index (χ3n) is 4.35. The molecule has 23 heavy (non-hydrogen) atoms. The Morgan fingerprint density at radius 2 is 1.65 bits per heavy atom. The fourth-order valence-corrected chi connectivity index (χ4v) is 3.70. The van der Waals surface area contributed by atoms with E-state index in [1.807, 2.05) is 35.2 Å². The maximum Gasteiger partial charge on any atom is 0.260 e. The SMILES string of the molecule is O=C(c1ccc(Cl)cc1Cl)N(c1ccccc1)C1CCCCC1. The molecule has 1 saturated carbocycles. The molecule has 4 heteroatoms. The molecular formula is C19H19Cl2NO. The summed E-state index contributed by atoms with van der Waals surface area (Å²) in [7, 11) is 0. The lowest BCUT2D eigenvalue weighted by atomic mass is 9.93. The van der Waals surface area contributed by atoms with Gasteiger partial charge in [0.25, 0.3) is 5.91 Å². The molecular weight excluding hydrogens is 329 g/mol. The average Bonchev–Trinajstić information content (AvgIpc) is 2.57. The fraction of sp³-hybridized carbons (Fsp3) is 0.316. The Morgan fingerprint density at radius 3 is 2.30 bits per heavy atom. The van der Waals surface area contributed by atoms with Crippen molar-refractivity contribution in [2.45, 2.75) is 38.1 Å². The summed E-state index contributed by atoms with van der Waals surface area (Å²) in [5.41, 5.74) is 1.43. The first-order valence-electron chi connectivity index (χ1n) is 8.00. The van der Waals surface area contributed by atoms with E-state index >= 15 is 0 Å². The van der Waals surface area contributed by atoms with E-state index in [4.69, 9.17) is 23.2 Å². The second kappa shape index (κ2) is 7.37. The number of para-hydroxylation sites is 1. The van der Waals surface area contributed by atoms with Gasteiger partial charge in [0.1, 0.15) is 0 Å². The van der Waals surface area contributed by atoms with E-state index in [1.165, 1.54) is 6.42 Å². The van der Waals surface area contributed by atoms with Crippen LogP contribution in [0.4, 0.5) is 5.69 Å². The number of carbonyl (C=O) groups excluding carboxylic acids is 1. The summed E-state index contributed by atoms with van der Waals surface area (Å²) in [4.78, 5) is 15.1. The number of halogens is 2. The Labute approximate surface area is 147 Å². The first-order valence-corrected chi connectivity index (χ1v) is 8.76. The van der Waals surface area contributed by atoms with Gasteiger partial charge in [0.05, 0.1) is 10.6 Å². The van der Waals surface area contributed by atoms with Gasteiger partial charge in [-0.3, -0.25) is 4.79 Å². The van der Waals surface area contributed by atoms with Crippen molar-refractivity contribution < 1.29 is 4.79 Å². The van der Waals surface area contributed by atoms with E-state index in [0.717, 1.165) is 31.4 Å². The van der Waals surface area contributed by atoms with Crippen LogP contribution in [0, 0.1) is 0 Å². The first kappa shape index (κ1) is 16.4. The van der Waals surface area contributed by atoms with Crippen LogP contribution in [-0.4, -0.2) is 11.9 Å². The molecule has 2 nitrogen and oxygen atoms in total. The van der Waals surface area contributed by atoms with Crippen molar-refractivity contribution >= 4 is 34.8 Å². The Kier molecular flexibility index (Phi) is 5.24. The van der Waals surface area contributed by atoms with Crippen LogP contribution >= 0.6 is 23.2 Å². The summed E-state index contributed by atoms with van der Waals surface area (Å²) in [5, 5.41) is 0.940. The molecule has 0 heterocycles. The number of hydrogen-bond donors (Lipinski definition) is 0. The van der Waals surface area contributed by atoms with Gasteiger partial charge in [-0.1, -0.05) is 60.7 Å². The van der Waals surface area contributed by atoms with Crippen LogP contribution in [0.25, 0.3) is 0 Å². The molecule has 1 amide bonds. The van der Waals surface area contributed by atoms with Gasteiger partial charge >= 0.3 is 0 Å². The van der Waals surface area contributed by atoms with Crippen LogP contribution in [0.5, 0.6) is 0 Å². The highest BCUT2D eigenvalue weighted by atomic mass is 35.5. The smallest absolute Gasteiger partial charge is 0.260 e. The number of rotatable bonds is 3. The van der Waals surface area contributed by atoms with Gasteiger partial charge in [-0.25, -0.2) is 0 Å². The maximum absolute atomic E-state index is 13.2. The minimum absolute atomic E-state index is 0.0511. The molecule has 0 aliphatic heterocycles. The van der Waals surface area contributed by atoms with Crippen molar-refractivity contribution in [1.29, 1.82) is 0 Å². The van der Waals surface area contributed by atoms with E-state index in [0.29, 0.717) is 15.6 Å². The number of hydrogen-bond acceptors (Lipinski definition) is 1. The molecule has 0 spiro atoms. The maximum atomic E-state index is 13.2. The summed E-state index contributed by atoms with van der Waals surface area (Å²) in [6, 6.07) is 15.1. The number of nitrogens with zero attached hydrogens (tertiary/aromatic N) is 1. The lowest BCUT2D eigenvalue weighted by Crippen LogP contribution is -2.41. The average molecular weight is 348 g/mol. The van der Waals surface area contributed by atoms with Crippen LogP contribution in [0.15, 0.2) is 48.5 Å². The van der Waals surface area contributed by atoms with Gasteiger partial charge < -0.3 is 4.90 Å². The van der Waals surface area contributed by atoms with Crippen molar-refractivity contribution in [3.8, 4) is 0 Å². The second-order valence-corrected chi connectivity index (χ2v) is 6.77. The Hall–Kier alpha value is -1.51. The van der Waals surface area contributed by atoms with Crippen molar-refractivity contribution in [2.24, 2.45) is 0 Å². The minimum Gasteiger partial charge on any atom is -0.305 e. The first-order chi connectivity index (χ1) is 11.2. The van der Waals surface area contributed by atoms with Gasteiger partial charge in [0.15, 0.2) is 0 Å². The third-order valence-corrected chi connectivity index (χ3v) is 4.90. The fourth-order valence-electron chi connectivity index (χ4n) is 3.21. The molecule has 1 aliphatic carbocycles. The molecule has 0 aromatic heterocycles. The minimum atomic E-state index is -0.0511. The van der Waals surface area contributed by atoms with E-state index in [-0.39, 0.29) is 11.9 Å². The van der Waals surface area contributed by atoms with Crippen molar-refractivity contribution in [1.82, 2.24) is 0 Å². The van der Waals surface area contributed by atoms with Crippen LogP contribution in [0.2, 0.25) is 10.0 Å². The number of benzene rings is 2. The zero-order valence-electron chi connectivity index (χ0n) is 12.8. The molecule has 120 valence electrons. The van der Waals surface area contributed by atoms with Crippen molar-refractivity contribution in [3.05, 3.63) is 64.1 Å². The molecule has 0 radical (unpaired) electrons. The zero-order valence-corrected chi connectivity index (χ0v) is 14.4. The van der Waals surface area contributed by atoms with E-state index in [9.17, 15) is 4.79 Å². The van der Waals surface area contributed by atoms with Crippen LogP contribution in [0.3, 0.4) is 0 Å². The highest BCUT2D eigenvalue weighted by Gasteiger charge is 2.28. The Balaban J connectivity index is 1.98. The third kappa shape index (κ3) is 3.70. The monoisotopic (exact) mass is 347 g/mol. The van der Waals surface area contributed by atoms with Crippen LogP contribution < -0.4 is 4.90 Å². The van der Waals surface area contributed by atoms with Gasteiger partial charge in [0, 0.05) is 16.8 Å². The van der Waals surface area contributed by atoms with Gasteiger partial charge in [-0.15, -0.1) is 0 Å². The number of carbonyl (C=O) groups is 1. The number of amides is 1. The molecule has 2 aromatic carbocycles. The molecule has 0 atom stereocenters. The Morgan fingerprint density at radius 1 is 0.957 bits per heavy atom. The standard InChI is InChI=1S/C19H19Cl2NO/c20-14-11-12-17(18(21)13-14)19(23)22(15-7-3-1-4-8-15)16-9-5-2-6-10-16/h1,3-4,7-8,11-13,16H,2,5-6,9-10H2. The highest BCUT2D eigenvalue weighted by Crippen LogP contribution is 2.31. The largest absolute Gasteiger partial charge is 0.305 e. The summed E-state index contributed by atoms with van der Waals surface area (Å²) >= 11 is 12.2. The molecule has 1 aliphatic rings. The molecule has 2 aromatic rings. The number of anilines is 1. The Bertz CT molecular complexity index is 681. The predicted octanol–water partition coefficient (Wildman–Crippen LogP) is 5.97. The van der Waals surface area contributed by atoms with Crippen LogP contribution in [-0.2, 0) is 0 Å².